The molecular formula is C27H50O4. The molecule has 6 atom stereocenters. The molecule has 4 nitrogen and oxygen atoms in total. The van der Waals surface area contributed by atoms with Crippen molar-refractivity contribution in [3.05, 3.63) is 0 Å². The van der Waals surface area contributed by atoms with Crippen LogP contribution in [0.3, 0.4) is 0 Å². The van der Waals surface area contributed by atoms with Crippen LogP contribution in [-0.2, 0) is 18.9 Å². The van der Waals surface area contributed by atoms with Crippen molar-refractivity contribution in [3.63, 3.8) is 0 Å². The van der Waals surface area contributed by atoms with Crippen LogP contribution in [0, 0.1) is 23.7 Å². The van der Waals surface area contributed by atoms with Gasteiger partial charge in [-0.25, -0.2) is 0 Å². The molecule has 4 heteroatoms. The highest BCUT2D eigenvalue weighted by Crippen LogP contribution is 2.45. The molecule has 0 aliphatic heterocycles. The van der Waals surface area contributed by atoms with Gasteiger partial charge in [0.1, 0.15) is 0 Å². The first-order valence-corrected chi connectivity index (χ1v) is 13.6. The molecule has 0 amide bonds. The van der Waals surface area contributed by atoms with Gasteiger partial charge in [0.2, 0.25) is 0 Å². The minimum atomic E-state index is -0.101. The van der Waals surface area contributed by atoms with Crippen molar-refractivity contribution in [3.8, 4) is 0 Å². The molecule has 0 aromatic heterocycles. The predicted molar refractivity (Wildman–Crippen MR) is 126 cm³/mol. The summed E-state index contributed by atoms with van der Waals surface area (Å²) in [5.41, 5.74) is 0. The summed E-state index contributed by atoms with van der Waals surface area (Å²) in [7, 11) is 0. The fraction of sp³-hybridized carbons (Fsp3) is 1.00. The Kier molecular flexibility index (Phi) is 11.1. The third kappa shape index (κ3) is 7.98. The molecule has 182 valence electrons. The van der Waals surface area contributed by atoms with Gasteiger partial charge in [-0.2, -0.15) is 0 Å². The van der Waals surface area contributed by atoms with Crippen molar-refractivity contribution < 1.29 is 18.9 Å². The molecule has 3 fully saturated rings. The third-order valence-electron chi connectivity index (χ3n) is 8.33. The van der Waals surface area contributed by atoms with Crippen LogP contribution in [0.4, 0.5) is 0 Å². The van der Waals surface area contributed by atoms with Gasteiger partial charge >= 0.3 is 0 Å². The van der Waals surface area contributed by atoms with Crippen LogP contribution in [0.25, 0.3) is 0 Å². The number of hydrogen-bond acceptors (Lipinski definition) is 4. The van der Waals surface area contributed by atoms with Gasteiger partial charge < -0.3 is 18.9 Å². The van der Waals surface area contributed by atoms with E-state index in [1.807, 2.05) is 0 Å². The Balaban J connectivity index is 1.47. The van der Waals surface area contributed by atoms with Crippen molar-refractivity contribution in [1.29, 1.82) is 0 Å². The maximum Gasteiger partial charge on any atom is 0.155 e. The zero-order valence-corrected chi connectivity index (χ0v) is 20.9. The highest BCUT2D eigenvalue weighted by molar-refractivity contribution is 4.90. The third-order valence-corrected chi connectivity index (χ3v) is 8.33. The van der Waals surface area contributed by atoms with E-state index in [1.54, 1.807) is 0 Å². The fourth-order valence-electron chi connectivity index (χ4n) is 6.41. The van der Waals surface area contributed by atoms with Crippen LogP contribution in [0.15, 0.2) is 0 Å². The lowest BCUT2D eigenvalue weighted by molar-refractivity contribution is -0.188. The van der Waals surface area contributed by atoms with Crippen LogP contribution in [0.1, 0.15) is 111 Å². The SMILES string of the molecule is CCC1CC(CC)C(COC(C)OC2CCCCC2)C1COC(C)OC1CCCCC1. The zero-order valence-electron chi connectivity index (χ0n) is 20.9. The lowest BCUT2D eigenvalue weighted by atomic mass is 9.86. The van der Waals surface area contributed by atoms with E-state index in [-0.39, 0.29) is 12.6 Å². The molecule has 3 aliphatic carbocycles. The van der Waals surface area contributed by atoms with Gasteiger partial charge in [-0.15, -0.1) is 0 Å². The first-order chi connectivity index (χ1) is 15.1. The van der Waals surface area contributed by atoms with Crippen LogP contribution in [0.5, 0.6) is 0 Å². The summed E-state index contributed by atoms with van der Waals surface area (Å²) in [6, 6.07) is 0. The minimum absolute atomic E-state index is 0.101. The zero-order chi connectivity index (χ0) is 22.1. The van der Waals surface area contributed by atoms with E-state index in [0.29, 0.717) is 24.0 Å². The van der Waals surface area contributed by atoms with Crippen molar-refractivity contribution in [1.82, 2.24) is 0 Å². The van der Waals surface area contributed by atoms with Gasteiger partial charge in [-0.1, -0.05) is 65.2 Å². The predicted octanol–water partition coefficient (Wildman–Crippen LogP) is 7.10. The largest absolute Gasteiger partial charge is 0.353 e. The van der Waals surface area contributed by atoms with Gasteiger partial charge in [0.05, 0.1) is 25.4 Å². The number of ether oxygens (including phenoxy) is 4. The molecule has 31 heavy (non-hydrogen) atoms. The van der Waals surface area contributed by atoms with Gasteiger partial charge in [0.25, 0.3) is 0 Å². The molecule has 3 rings (SSSR count). The summed E-state index contributed by atoms with van der Waals surface area (Å²) in [4.78, 5) is 0. The molecule has 0 N–H and O–H groups in total. The molecule has 0 spiro atoms. The van der Waals surface area contributed by atoms with E-state index in [9.17, 15) is 0 Å². The van der Waals surface area contributed by atoms with Gasteiger partial charge in [-0.3, -0.25) is 0 Å². The second kappa shape index (κ2) is 13.5. The van der Waals surface area contributed by atoms with Crippen molar-refractivity contribution in [2.75, 3.05) is 13.2 Å². The van der Waals surface area contributed by atoms with E-state index >= 15 is 0 Å². The van der Waals surface area contributed by atoms with E-state index in [1.165, 1.54) is 83.5 Å². The Hall–Kier alpha value is -0.160. The van der Waals surface area contributed by atoms with Crippen molar-refractivity contribution >= 4 is 0 Å². The lowest BCUT2D eigenvalue weighted by Crippen LogP contribution is -2.32. The topological polar surface area (TPSA) is 36.9 Å². The summed E-state index contributed by atoms with van der Waals surface area (Å²) < 4.78 is 25.0. The molecule has 0 aromatic carbocycles. The maximum atomic E-state index is 6.30. The Morgan fingerprint density at radius 1 is 0.613 bits per heavy atom. The van der Waals surface area contributed by atoms with E-state index < -0.39 is 0 Å². The molecule has 0 saturated heterocycles. The summed E-state index contributed by atoms with van der Waals surface area (Å²) >= 11 is 0. The molecule has 0 radical (unpaired) electrons. The molecule has 0 bridgehead atoms. The normalized spacial score (nSPS) is 32.9. The van der Waals surface area contributed by atoms with E-state index in [2.05, 4.69) is 27.7 Å². The van der Waals surface area contributed by atoms with Gasteiger partial charge in [0.15, 0.2) is 12.6 Å². The highest BCUT2D eigenvalue weighted by Gasteiger charge is 2.42. The molecular weight excluding hydrogens is 388 g/mol. The number of hydrogen-bond donors (Lipinski definition) is 0. The van der Waals surface area contributed by atoms with Crippen molar-refractivity contribution in [2.24, 2.45) is 23.7 Å². The first-order valence-electron chi connectivity index (χ1n) is 13.6. The monoisotopic (exact) mass is 438 g/mol. The Morgan fingerprint density at radius 3 is 1.35 bits per heavy atom. The van der Waals surface area contributed by atoms with Crippen LogP contribution >= 0.6 is 0 Å². The Morgan fingerprint density at radius 2 is 1.00 bits per heavy atom. The van der Waals surface area contributed by atoms with Gasteiger partial charge in [-0.05, 0) is 69.6 Å². The lowest BCUT2D eigenvalue weighted by Gasteiger charge is -2.31. The highest BCUT2D eigenvalue weighted by atomic mass is 16.7. The summed E-state index contributed by atoms with van der Waals surface area (Å²) in [6.45, 7) is 10.5. The summed E-state index contributed by atoms with van der Waals surface area (Å²) in [5, 5.41) is 0. The van der Waals surface area contributed by atoms with Crippen LogP contribution < -0.4 is 0 Å². The second-order valence-corrected chi connectivity index (χ2v) is 10.5. The average Bonchev–Trinajstić information content (AvgIpc) is 3.14. The first kappa shape index (κ1) is 25.5. The summed E-state index contributed by atoms with van der Waals surface area (Å²) in [6.07, 6.45) is 17.1. The Bertz CT molecular complexity index is 430. The van der Waals surface area contributed by atoms with Crippen molar-refractivity contribution in [2.45, 2.75) is 136 Å². The molecule has 0 aromatic rings. The molecule has 0 heterocycles. The smallest absolute Gasteiger partial charge is 0.155 e. The fourth-order valence-corrected chi connectivity index (χ4v) is 6.41. The van der Waals surface area contributed by atoms with Crippen LogP contribution in [-0.4, -0.2) is 38.0 Å². The standard InChI is InChI=1S/C27H50O4/c1-5-22-17-23(6-2)27(19-29-21(4)31-25-15-11-8-12-16-25)26(22)18-28-20(3)30-24-13-9-7-10-14-24/h20-27H,5-19H2,1-4H3. The van der Waals surface area contributed by atoms with E-state index in [4.69, 9.17) is 18.9 Å². The molecule has 3 saturated carbocycles. The number of rotatable bonds is 12. The second-order valence-electron chi connectivity index (χ2n) is 10.5. The van der Waals surface area contributed by atoms with Crippen LogP contribution in [0.2, 0.25) is 0 Å². The van der Waals surface area contributed by atoms with E-state index in [0.717, 1.165) is 25.0 Å². The maximum absolute atomic E-state index is 6.30. The van der Waals surface area contributed by atoms with Gasteiger partial charge in [0, 0.05) is 0 Å². The average molecular weight is 439 g/mol. The molecule has 3 aliphatic rings. The Labute approximate surface area is 192 Å². The molecule has 6 unspecified atom stereocenters. The quantitative estimate of drug-likeness (QED) is 0.305. The minimum Gasteiger partial charge on any atom is -0.353 e. The summed E-state index contributed by atoms with van der Waals surface area (Å²) in [5.74, 6) is 2.59.